The van der Waals surface area contributed by atoms with E-state index in [1.165, 1.54) is 12.1 Å². The van der Waals surface area contributed by atoms with E-state index in [1.807, 2.05) is 0 Å². The molecule has 0 spiro atoms. The third-order valence-corrected chi connectivity index (χ3v) is 4.91. The first-order valence-corrected chi connectivity index (χ1v) is 7.85. The van der Waals surface area contributed by atoms with Gasteiger partial charge < -0.3 is 5.11 Å². The molecular formula is C17H8F6O2S. The molecule has 2 nitrogen and oxygen atoms in total. The van der Waals surface area contributed by atoms with Crippen molar-refractivity contribution in [3.63, 3.8) is 0 Å². The number of carbonyl (C=O) groups is 1. The van der Waals surface area contributed by atoms with Gasteiger partial charge in [0.1, 0.15) is 0 Å². The summed E-state index contributed by atoms with van der Waals surface area (Å²) in [4.78, 5) is 10.6. The van der Waals surface area contributed by atoms with Crippen LogP contribution in [0.3, 0.4) is 0 Å². The zero-order chi connectivity index (χ0) is 19.3. The molecule has 0 bridgehead atoms. The molecule has 0 saturated heterocycles. The van der Waals surface area contributed by atoms with Crippen LogP contribution >= 0.6 is 11.3 Å². The molecule has 136 valence electrons. The molecule has 26 heavy (non-hydrogen) atoms. The fraction of sp³-hybridized carbons (Fsp3) is 0.118. The first kappa shape index (κ1) is 18.2. The minimum absolute atomic E-state index is 0.0580. The Morgan fingerprint density at radius 3 is 2.00 bits per heavy atom. The third-order valence-electron chi connectivity index (χ3n) is 3.69. The molecule has 2 aromatic carbocycles. The highest BCUT2D eigenvalue weighted by molar-refractivity contribution is 7.22. The van der Waals surface area contributed by atoms with E-state index in [4.69, 9.17) is 5.11 Å². The number of hydrogen-bond donors (Lipinski definition) is 1. The van der Waals surface area contributed by atoms with Gasteiger partial charge >= 0.3 is 18.3 Å². The van der Waals surface area contributed by atoms with Gasteiger partial charge in [-0.05, 0) is 35.9 Å². The predicted molar refractivity (Wildman–Crippen MR) is 84.2 cm³/mol. The molecule has 0 radical (unpaired) electrons. The number of thiophene rings is 1. The molecule has 3 rings (SSSR count). The van der Waals surface area contributed by atoms with Gasteiger partial charge in [-0.15, -0.1) is 11.3 Å². The molecule has 0 aliphatic heterocycles. The first-order chi connectivity index (χ1) is 12.0. The van der Waals surface area contributed by atoms with Crippen molar-refractivity contribution in [1.29, 1.82) is 0 Å². The Hall–Kier alpha value is -2.55. The molecule has 0 fully saturated rings. The maximum Gasteiger partial charge on any atom is 0.418 e. The van der Waals surface area contributed by atoms with Gasteiger partial charge in [-0.1, -0.05) is 12.1 Å². The van der Waals surface area contributed by atoms with Crippen LogP contribution in [0.2, 0.25) is 0 Å². The summed E-state index contributed by atoms with van der Waals surface area (Å²) in [6.45, 7) is 0. The van der Waals surface area contributed by atoms with E-state index >= 15 is 0 Å². The highest BCUT2D eigenvalue weighted by Crippen LogP contribution is 2.48. The Labute approximate surface area is 146 Å². The second-order valence-electron chi connectivity index (χ2n) is 5.40. The summed E-state index contributed by atoms with van der Waals surface area (Å²) >= 11 is 0.703. The lowest BCUT2D eigenvalue weighted by Crippen LogP contribution is -2.07. The van der Waals surface area contributed by atoms with Crippen LogP contribution in [0, 0.1) is 0 Å². The SMILES string of the molecule is O=C(O)c1ccc(-c2sc3ccc(C(F)(F)F)cc3c2C(F)(F)F)cc1. The van der Waals surface area contributed by atoms with Crippen LogP contribution in [0.5, 0.6) is 0 Å². The monoisotopic (exact) mass is 390 g/mol. The van der Waals surface area contributed by atoms with Crippen LogP contribution in [0.15, 0.2) is 42.5 Å². The minimum Gasteiger partial charge on any atom is -0.478 e. The summed E-state index contributed by atoms with van der Waals surface area (Å²) in [6.07, 6.45) is -9.63. The Morgan fingerprint density at radius 2 is 1.50 bits per heavy atom. The number of alkyl halides is 6. The zero-order valence-electron chi connectivity index (χ0n) is 12.6. The van der Waals surface area contributed by atoms with Crippen molar-refractivity contribution in [3.8, 4) is 10.4 Å². The number of aromatic carboxylic acids is 1. The maximum atomic E-state index is 13.6. The van der Waals surface area contributed by atoms with Crippen molar-refractivity contribution in [1.82, 2.24) is 0 Å². The molecule has 0 atom stereocenters. The fourth-order valence-electron chi connectivity index (χ4n) is 2.52. The van der Waals surface area contributed by atoms with Crippen molar-refractivity contribution in [2.75, 3.05) is 0 Å². The van der Waals surface area contributed by atoms with Crippen molar-refractivity contribution >= 4 is 27.4 Å². The zero-order valence-corrected chi connectivity index (χ0v) is 13.4. The van der Waals surface area contributed by atoms with Gasteiger partial charge in [0.15, 0.2) is 0 Å². The summed E-state index contributed by atoms with van der Waals surface area (Å²) in [5, 5.41) is 8.33. The van der Waals surface area contributed by atoms with Gasteiger partial charge in [0.05, 0.1) is 16.7 Å². The normalized spacial score (nSPS) is 12.5. The van der Waals surface area contributed by atoms with E-state index in [1.54, 1.807) is 0 Å². The Morgan fingerprint density at radius 1 is 0.885 bits per heavy atom. The number of halogens is 6. The van der Waals surface area contributed by atoms with E-state index < -0.39 is 34.8 Å². The molecule has 1 aromatic heterocycles. The van der Waals surface area contributed by atoms with Crippen molar-refractivity contribution < 1.29 is 36.2 Å². The third kappa shape index (κ3) is 3.26. The summed E-state index contributed by atoms with van der Waals surface area (Å²) in [5.41, 5.74) is -2.35. The van der Waals surface area contributed by atoms with E-state index in [0.717, 1.165) is 24.3 Å². The minimum atomic E-state index is -4.87. The van der Waals surface area contributed by atoms with Crippen LogP contribution in [0.1, 0.15) is 21.5 Å². The Balaban J connectivity index is 2.26. The Bertz CT molecular complexity index is 983. The van der Waals surface area contributed by atoms with E-state index in [9.17, 15) is 31.1 Å². The molecular weight excluding hydrogens is 382 g/mol. The van der Waals surface area contributed by atoms with Crippen LogP contribution in [-0.4, -0.2) is 11.1 Å². The molecule has 0 saturated carbocycles. The predicted octanol–water partition coefficient (Wildman–Crippen LogP) is 6.30. The molecule has 0 aliphatic rings. The fourth-order valence-corrected chi connectivity index (χ4v) is 3.73. The average molecular weight is 390 g/mol. The second kappa shape index (κ2) is 6.01. The highest BCUT2D eigenvalue weighted by atomic mass is 32.1. The standard InChI is InChI=1S/C17H8F6O2S/c18-16(19,20)10-5-6-12-11(7-10)13(17(21,22)23)14(26-12)8-1-3-9(4-2-8)15(24)25/h1-7H,(H,24,25). The molecule has 1 heterocycles. The van der Waals surface area contributed by atoms with Gasteiger partial charge in [0, 0.05) is 15.0 Å². The lowest BCUT2D eigenvalue weighted by molar-refractivity contribution is -0.138. The number of fused-ring (bicyclic) bond motifs is 1. The van der Waals surface area contributed by atoms with Gasteiger partial charge in [0.2, 0.25) is 0 Å². The van der Waals surface area contributed by atoms with E-state index in [0.29, 0.717) is 17.4 Å². The molecule has 3 aromatic rings. The van der Waals surface area contributed by atoms with Crippen molar-refractivity contribution in [2.24, 2.45) is 0 Å². The number of carboxylic acid groups (broad SMARTS) is 1. The smallest absolute Gasteiger partial charge is 0.418 e. The first-order valence-electron chi connectivity index (χ1n) is 7.03. The lowest BCUT2D eigenvalue weighted by Gasteiger charge is -2.11. The average Bonchev–Trinajstić information content (AvgIpc) is 2.92. The molecule has 0 amide bonds. The molecule has 0 unspecified atom stereocenters. The largest absolute Gasteiger partial charge is 0.478 e. The second-order valence-corrected chi connectivity index (χ2v) is 6.45. The van der Waals surface area contributed by atoms with Gasteiger partial charge in [0.25, 0.3) is 0 Å². The van der Waals surface area contributed by atoms with Gasteiger partial charge in [-0.3, -0.25) is 0 Å². The summed E-state index contributed by atoms with van der Waals surface area (Å²) in [7, 11) is 0. The molecule has 1 N–H and O–H groups in total. The lowest BCUT2D eigenvalue weighted by atomic mass is 10.0. The van der Waals surface area contributed by atoms with Crippen LogP contribution in [0.25, 0.3) is 20.5 Å². The molecule has 9 heteroatoms. The number of rotatable bonds is 2. The van der Waals surface area contributed by atoms with Crippen LogP contribution < -0.4 is 0 Å². The van der Waals surface area contributed by atoms with Gasteiger partial charge in [-0.2, -0.15) is 26.3 Å². The number of hydrogen-bond acceptors (Lipinski definition) is 2. The maximum absolute atomic E-state index is 13.6. The topological polar surface area (TPSA) is 37.3 Å². The van der Waals surface area contributed by atoms with Crippen LogP contribution in [0.4, 0.5) is 26.3 Å². The number of carboxylic acids is 1. The summed E-state index contributed by atoms with van der Waals surface area (Å²) < 4.78 is 79.3. The molecule has 0 aliphatic carbocycles. The van der Waals surface area contributed by atoms with Gasteiger partial charge in [-0.25, -0.2) is 4.79 Å². The van der Waals surface area contributed by atoms with E-state index in [-0.39, 0.29) is 20.7 Å². The quantitative estimate of drug-likeness (QED) is 0.521. The summed E-state index contributed by atoms with van der Waals surface area (Å²) in [5.74, 6) is -1.24. The van der Waals surface area contributed by atoms with Crippen molar-refractivity contribution in [3.05, 3.63) is 59.2 Å². The van der Waals surface area contributed by atoms with Crippen LogP contribution in [-0.2, 0) is 12.4 Å². The number of benzene rings is 2. The summed E-state index contributed by atoms with van der Waals surface area (Å²) in [6, 6.07) is 6.92. The van der Waals surface area contributed by atoms with E-state index in [2.05, 4.69) is 0 Å². The Kier molecular flexibility index (Phi) is 4.22. The highest BCUT2D eigenvalue weighted by Gasteiger charge is 2.39. The van der Waals surface area contributed by atoms with Crippen molar-refractivity contribution in [2.45, 2.75) is 12.4 Å².